The van der Waals surface area contributed by atoms with Crippen molar-refractivity contribution in [2.75, 3.05) is 13.2 Å². The Balaban J connectivity index is 1.73. The second-order valence-electron chi connectivity index (χ2n) is 5.68. The minimum atomic E-state index is 0.00986. The highest BCUT2D eigenvalue weighted by Crippen LogP contribution is 2.22. The Morgan fingerprint density at radius 3 is 3.05 bits per heavy atom. The van der Waals surface area contributed by atoms with Gasteiger partial charge in [-0.15, -0.1) is 0 Å². The van der Waals surface area contributed by atoms with E-state index in [9.17, 15) is 5.11 Å². The normalized spacial score (nSPS) is 15.4. The molecule has 3 rings (SSSR count). The second kappa shape index (κ2) is 6.94. The molecule has 0 atom stereocenters. The van der Waals surface area contributed by atoms with Crippen LogP contribution in [0.25, 0.3) is 0 Å². The van der Waals surface area contributed by atoms with Crippen LogP contribution in [0.1, 0.15) is 30.2 Å². The van der Waals surface area contributed by atoms with E-state index < -0.39 is 0 Å². The quantitative estimate of drug-likeness (QED) is 0.919. The predicted molar refractivity (Wildman–Crippen MR) is 84.5 cm³/mol. The molecule has 1 aromatic carbocycles. The summed E-state index contributed by atoms with van der Waals surface area (Å²) in [7, 11) is 0. The largest absolute Gasteiger partial charge is 0.494 e. The van der Waals surface area contributed by atoms with Gasteiger partial charge in [-0.1, -0.05) is 6.07 Å². The average molecular weight is 301 g/mol. The van der Waals surface area contributed by atoms with E-state index in [-0.39, 0.29) is 6.61 Å². The van der Waals surface area contributed by atoms with Gasteiger partial charge in [0.2, 0.25) is 0 Å². The topological polar surface area (TPSA) is 50.5 Å². The standard InChI is InChI=1S/C17H23N3O2/c1-2-22-17-5-4-14(8-15(17)12-21)10-19-6-3-7-20-13-18-9-16(20)11-19/h4-5,8-9,13,21H,2-3,6-7,10-12H2,1H3. The maximum Gasteiger partial charge on any atom is 0.124 e. The van der Waals surface area contributed by atoms with Gasteiger partial charge in [0.05, 0.1) is 25.2 Å². The van der Waals surface area contributed by atoms with Crippen LogP contribution in [0.15, 0.2) is 30.7 Å². The van der Waals surface area contributed by atoms with Crippen LogP contribution in [0.5, 0.6) is 5.75 Å². The first kappa shape index (κ1) is 15.1. The molecule has 5 nitrogen and oxygen atoms in total. The fraction of sp³-hybridized carbons (Fsp3) is 0.471. The molecule has 1 N–H and O–H groups in total. The minimum Gasteiger partial charge on any atom is -0.494 e. The number of hydrogen-bond acceptors (Lipinski definition) is 4. The molecule has 0 bridgehead atoms. The zero-order valence-corrected chi connectivity index (χ0v) is 13.0. The van der Waals surface area contributed by atoms with Crippen LogP contribution >= 0.6 is 0 Å². The third-order valence-corrected chi connectivity index (χ3v) is 4.06. The fourth-order valence-electron chi connectivity index (χ4n) is 3.00. The zero-order chi connectivity index (χ0) is 15.4. The average Bonchev–Trinajstić information content (AvgIpc) is 2.87. The van der Waals surface area contributed by atoms with Crippen molar-refractivity contribution in [2.24, 2.45) is 0 Å². The van der Waals surface area contributed by atoms with Gasteiger partial charge in [0.1, 0.15) is 5.75 Å². The minimum absolute atomic E-state index is 0.00986. The van der Waals surface area contributed by atoms with Crippen LogP contribution in [-0.4, -0.2) is 32.7 Å². The van der Waals surface area contributed by atoms with Crippen LogP contribution in [-0.2, 0) is 26.2 Å². The Bertz CT molecular complexity index is 624. The molecule has 0 saturated carbocycles. The van der Waals surface area contributed by atoms with Crippen LogP contribution in [0.2, 0.25) is 0 Å². The van der Waals surface area contributed by atoms with Gasteiger partial charge < -0.3 is 14.4 Å². The molecule has 2 aromatic rings. The summed E-state index contributed by atoms with van der Waals surface area (Å²) in [5.74, 6) is 0.780. The molecule has 1 aliphatic heterocycles. The Hall–Kier alpha value is -1.85. The summed E-state index contributed by atoms with van der Waals surface area (Å²) >= 11 is 0. The molecular weight excluding hydrogens is 278 g/mol. The number of aryl methyl sites for hydroxylation is 1. The summed E-state index contributed by atoms with van der Waals surface area (Å²) in [6, 6.07) is 6.10. The molecule has 0 aliphatic carbocycles. The molecule has 0 radical (unpaired) electrons. The molecule has 2 heterocycles. The van der Waals surface area contributed by atoms with E-state index in [1.54, 1.807) is 0 Å². The molecule has 1 aromatic heterocycles. The summed E-state index contributed by atoms with van der Waals surface area (Å²) in [6.45, 7) is 6.49. The van der Waals surface area contributed by atoms with Crippen molar-refractivity contribution >= 4 is 0 Å². The maximum absolute atomic E-state index is 9.52. The number of imidazole rings is 1. The molecule has 0 fully saturated rings. The molecule has 1 aliphatic rings. The first-order valence-electron chi connectivity index (χ1n) is 7.87. The molecular formula is C17H23N3O2. The van der Waals surface area contributed by atoms with Gasteiger partial charge in [-0.3, -0.25) is 4.90 Å². The van der Waals surface area contributed by atoms with Crippen LogP contribution in [0.3, 0.4) is 0 Å². The lowest BCUT2D eigenvalue weighted by Crippen LogP contribution is -2.22. The molecule has 0 unspecified atom stereocenters. The Labute approximate surface area is 131 Å². The van der Waals surface area contributed by atoms with Gasteiger partial charge in [0, 0.05) is 37.9 Å². The highest BCUT2D eigenvalue weighted by molar-refractivity contribution is 5.37. The highest BCUT2D eigenvalue weighted by atomic mass is 16.5. The van der Waals surface area contributed by atoms with Crippen LogP contribution in [0, 0.1) is 0 Å². The number of benzene rings is 1. The summed E-state index contributed by atoms with van der Waals surface area (Å²) < 4.78 is 7.78. The van der Waals surface area contributed by atoms with E-state index >= 15 is 0 Å². The van der Waals surface area contributed by atoms with Crippen molar-refractivity contribution in [1.82, 2.24) is 14.5 Å². The number of rotatable bonds is 5. The number of hydrogen-bond donors (Lipinski definition) is 1. The zero-order valence-electron chi connectivity index (χ0n) is 13.0. The van der Waals surface area contributed by atoms with Crippen molar-refractivity contribution in [3.8, 4) is 5.75 Å². The van der Waals surface area contributed by atoms with Crippen molar-refractivity contribution in [3.05, 3.63) is 47.5 Å². The van der Waals surface area contributed by atoms with Gasteiger partial charge in [0.25, 0.3) is 0 Å². The second-order valence-corrected chi connectivity index (χ2v) is 5.68. The van der Waals surface area contributed by atoms with Gasteiger partial charge >= 0.3 is 0 Å². The fourth-order valence-corrected chi connectivity index (χ4v) is 3.00. The van der Waals surface area contributed by atoms with E-state index in [0.29, 0.717) is 6.61 Å². The monoisotopic (exact) mass is 301 g/mol. The highest BCUT2D eigenvalue weighted by Gasteiger charge is 2.15. The predicted octanol–water partition coefficient (Wildman–Crippen LogP) is 2.18. The number of ether oxygens (including phenoxy) is 1. The van der Waals surface area contributed by atoms with E-state index in [4.69, 9.17) is 4.74 Å². The first-order chi connectivity index (χ1) is 10.8. The number of aliphatic hydroxyl groups is 1. The van der Waals surface area contributed by atoms with E-state index in [2.05, 4.69) is 20.5 Å². The lowest BCUT2D eigenvalue weighted by molar-refractivity contribution is 0.256. The van der Waals surface area contributed by atoms with Crippen molar-refractivity contribution in [3.63, 3.8) is 0 Å². The maximum atomic E-state index is 9.52. The van der Waals surface area contributed by atoms with Gasteiger partial charge in [-0.2, -0.15) is 0 Å². The van der Waals surface area contributed by atoms with Crippen molar-refractivity contribution < 1.29 is 9.84 Å². The Morgan fingerprint density at radius 1 is 1.32 bits per heavy atom. The summed E-state index contributed by atoms with van der Waals surface area (Å²) in [4.78, 5) is 6.66. The SMILES string of the molecule is CCOc1ccc(CN2CCCn3cncc3C2)cc1CO. The molecule has 118 valence electrons. The third kappa shape index (κ3) is 3.31. The summed E-state index contributed by atoms with van der Waals surface area (Å²) in [5.41, 5.74) is 3.34. The summed E-state index contributed by atoms with van der Waals surface area (Å²) in [5, 5.41) is 9.52. The van der Waals surface area contributed by atoms with Crippen molar-refractivity contribution in [2.45, 2.75) is 39.6 Å². The van der Waals surface area contributed by atoms with Gasteiger partial charge in [0.15, 0.2) is 0 Å². The van der Waals surface area contributed by atoms with Gasteiger partial charge in [-0.05, 0) is 31.0 Å². The number of aliphatic hydroxyl groups excluding tert-OH is 1. The third-order valence-electron chi connectivity index (χ3n) is 4.06. The summed E-state index contributed by atoms with van der Waals surface area (Å²) in [6.07, 6.45) is 5.00. The number of nitrogens with zero attached hydrogens (tertiary/aromatic N) is 3. The number of aromatic nitrogens is 2. The smallest absolute Gasteiger partial charge is 0.124 e. The van der Waals surface area contributed by atoms with Gasteiger partial charge in [-0.25, -0.2) is 4.98 Å². The molecule has 5 heteroatoms. The van der Waals surface area contributed by atoms with Crippen molar-refractivity contribution in [1.29, 1.82) is 0 Å². The Kier molecular flexibility index (Phi) is 4.75. The number of fused-ring (bicyclic) bond motifs is 1. The molecule has 0 saturated heterocycles. The van der Waals surface area contributed by atoms with E-state index in [0.717, 1.165) is 43.9 Å². The van der Waals surface area contributed by atoms with E-state index in [1.807, 2.05) is 31.6 Å². The van der Waals surface area contributed by atoms with Crippen LogP contribution in [0.4, 0.5) is 0 Å². The first-order valence-corrected chi connectivity index (χ1v) is 7.87. The Morgan fingerprint density at radius 2 is 2.23 bits per heavy atom. The lowest BCUT2D eigenvalue weighted by atomic mass is 10.1. The molecule has 0 spiro atoms. The molecule has 0 amide bonds. The van der Waals surface area contributed by atoms with Crippen LogP contribution < -0.4 is 4.74 Å². The van der Waals surface area contributed by atoms with E-state index in [1.165, 1.54) is 11.3 Å². The lowest BCUT2D eigenvalue weighted by Gasteiger charge is -2.20. The molecule has 22 heavy (non-hydrogen) atoms.